The third kappa shape index (κ3) is 3.30. The third-order valence-electron chi connectivity index (χ3n) is 4.94. The fourth-order valence-corrected chi connectivity index (χ4v) is 6.09. The van der Waals surface area contributed by atoms with Crippen molar-refractivity contribution >= 4 is 23.8 Å². The average Bonchev–Trinajstić information content (AvgIpc) is 3.33. The monoisotopic (exact) mass is 359 g/mol. The third-order valence-corrected chi connectivity index (χ3v) is 7.46. The molecule has 3 heteroatoms. The van der Waals surface area contributed by atoms with Gasteiger partial charge in [-0.2, -0.15) is 17.7 Å². The van der Waals surface area contributed by atoms with E-state index in [0.717, 1.165) is 6.67 Å². The van der Waals surface area contributed by atoms with Crippen LogP contribution in [0.25, 0.3) is 0 Å². The summed E-state index contributed by atoms with van der Waals surface area (Å²) in [6.45, 7) is 3.26. The first-order valence-corrected chi connectivity index (χ1v) is 10.4. The quantitative estimate of drug-likeness (QED) is 0.504. The van der Waals surface area contributed by atoms with Crippen molar-refractivity contribution in [3.05, 3.63) is 96.8 Å². The molecule has 0 radical (unpaired) electrons. The first-order valence-electron chi connectivity index (χ1n) is 9.04. The molecule has 3 aromatic rings. The Hall–Kier alpha value is -2.44. The van der Waals surface area contributed by atoms with Crippen molar-refractivity contribution in [1.82, 2.24) is 9.80 Å². The predicted octanol–water partition coefficient (Wildman–Crippen LogP) is 3.90. The molecule has 0 aliphatic carbocycles. The number of benzene rings is 2. The van der Waals surface area contributed by atoms with E-state index in [0.29, 0.717) is 6.04 Å². The topological polar surface area (TPSA) is 6.48 Å². The minimum Gasteiger partial charge on any atom is -0.364 e. The molecule has 0 saturated carbocycles. The summed E-state index contributed by atoms with van der Waals surface area (Å²) in [5, 5.41) is 4.28. The van der Waals surface area contributed by atoms with Gasteiger partial charge in [-0.3, -0.25) is 0 Å². The molecule has 1 atom stereocenters. The van der Waals surface area contributed by atoms with E-state index in [1.165, 1.54) is 21.5 Å². The van der Waals surface area contributed by atoms with Crippen LogP contribution in [0.3, 0.4) is 0 Å². The molecular weight excluding hydrogens is 335 g/mol. The van der Waals surface area contributed by atoms with Crippen LogP contribution >= 0.6 is 7.92 Å². The van der Waals surface area contributed by atoms with Crippen LogP contribution in [0.5, 0.6) is 0 Å². The van der Waals surface area contributed by atoms with Gasteiger partial charge in [-0.1, -0.05) is 67.6 Å². The second-order valence-electron chi connectivity index (χ2n) is 6.76. The van der Waals surface area contributed by atoms with Crippen molar-refractivity contribution < 1.29 is 0 Å². The Morgan fingerprint density at radius 2 is 1.50 bits per heavy atom. The molecule has 0 aromatic heterocycles. The van der Waals surface area contributed by atoms with E-state index in [9.17, 15) is 0 Å². The van der Waals surface area contributed by atoms with Crippen LogP contribution in [-0.4, -0.2) is 23.5 Å². The van der Waals surface area contributed by atoms with Crippen molar-refractivity contribution in [1.29, 1.82) is 0 Å². The molecule has 4 rings (SSSR count). The minimum atomic E-state index is -0.552. The lowest BCUT2D eigenvalue weighted by Gasteiger charge is -2.33. The zero-order valence-corrected chi connectivity index (χ0v) is 16.2. The molecule has 0 N–H and O–H groups in total. The molecule has 0 saturated heterocycles. The van der Waals surface area contributed by atoms with Crippen molar-refractivity contribution in [2.75, 3.05) is 13.7 Å². The van der Waals surface area contributed by atoms with E-state index >= 15 is 0 Å². The van der Waals surface area contributed by atoms with Gasteiger partial charge in [-0.25, -0.2) is 6.07 Å². The van der Waals surface area contributed by atoms with E-state index in [1.807, 2.05) is 0 Å². The summed E-state index contributed by atoms with van der Waals surface area (Å²) in [6.07, 6.45) is 4.35. The zero-order valence-electron chi connectivity index (χ0n) is 15.3. The van der Waals surface area contributed by atoms with Gasteiger partial charge in [0, 0.05) is 19.4 Å². The average molecular weight is 359 g/mol. The maximum absolute atomic E-state index is 2.41. The fraction of sp³-hybridized carbons (Fsp3) is 0.174. The van der Waals surface area contributed by atoms with Crippen molar-refractivity contribution in [2.24, 2.45) is 0 Å². The standard InChI is InChI=1S/C23H24N2P/c1-19(25-17-16-24(2)18-25)22-14-9-15-23(22)26(20-10-5-3-6-11-20)21-12-7-4-8-13-21/h3-17,19H,18H2,1-2H3/q-1/t19-/m1/s1. The fourth-order valence-electron chi connectivity index (χ4n) is 3.54. The summed E-state index contributed by atoms with van der Waals surface area (Å²) in [6, 6.07) is 29.1. The maximum Gasteiger partial charge on any atom is 0.0885 e. The largest absolute Gasteiger partial charge is 0.364 e. The Labute approximate surface area is 157 Å². The predicted molar refractivity (Wildman–Crippen MR) is 113 cm³/mol. The van der Waals surface area contributed by atoms with Crippen molar-refractivity contribution in [3.8, 4) is 0 Å². The molecule has 132 valence electrons. The molecule has 0 fully saturated rings. The molecule has 0 unspecified atom stereocenters. The Morgan fingerprint density at radius 1 is 0.885 bits per heavy atom. The van der Waals surface area contributed by atoms with Gasteiger partial charge in [0.2, 0.25) is 0 Å². The molecule has 0 spiro atoms. The molecule has 1 heterocycles. The van der Waals surface area contributed by atoms with Gasteiger partial charge in [-0.15, -0.1) is 5.30 Å². The van der Waals surface area contributed by atoms with Crippen LogP contribution in [0, 0.1) is 0 Å². The number of rotatable bonds is 5. The minimum absolute atomic E-state index is 0.360. The summed E-state index contributed by atoms with van der Waals surface area (Å²) in [5.74, 6) is 0. The second-order valence-corrected chi connectivity index (χ2v) is 8.95. The van der Waals surface area contributed by atoms with Crippen molar-refractivity contribution in [2.45, 2.75) is 13.0 Å². The molecular formula is C23H24N2P-. The molecule has 26 heavy (non-hydrogen) atoms. The normalized spacial score (nSPS) is 15.0. The maximum atomic E-state index is 2.41. The van der Waals surface area contributed by atoms with Crippen LogP contribution in [0.1, 0.15) is 18.5 Å². The van der Waals surface area contributed by atoms with Crippen LogP contribution in [-0.2, 0) is 0 Å². The molecule has 0 bridgehead atoms. The Kier molecular flexibility index (Phi) is 4.86. The van der Waals surface area contributed by atoms with Gasteiger partial charge in [0.05, 0.1) is 6.67 Å². The van der Waals surface area contributed by atoms with E-state index in [1.54, 1.807) is 0 Å². The molecule has 1 aliphatic rings. The lowest BCUT2D eigenvalue weighted by Crippen LogP contribution is -2.29. The van der Waals surface area contributed by atoms with Gasteiger partial charge in [-0.05, 0) is 24.6 Å². The van der Waals surface area contributed by atoms with Crippen LogP contribution in [0.2, 0.25) is 0 Å². The molecule has 3 aromatic carbocycles. The molecule has 2 nitrogen and oxygen atoms in total. The summed E-state index contributed by atoms with van der Waals surface area (Å²) in [4.78, 5) is 4.62. The first-order chi connectivity index (χ1) is 12.7. The highest BCUT2D eigenvalue weighted by atomic mass is 31.1. The number of hydrogen-bond acceptors (Lipinski definition) is 2. The molecule has 0 amide bonds. The number of hydrogen-bond donors (Lipinski definition) is 0. The van der Waals surface area contributed by atoms with Crippen LogP contribution < -0.4 is 15.9 Å². The Bertz CT molecular complexity index is 830. The van der Waals surface area contributed by atoms with Gasteiger partial charge < -0.3 is 9.80 Å². The lowest BCUT2D eigenvalue weighted by molar-refractivity contribution is 0.245. The highest BCUT2D eigenvalue weighted by Gasteiger charge is 2.20. The summed E-state index contributed by atoms with van der Waals surface area (Å²) in [7, 11) is 1.57. The second kappa shape index (κ2) is 7.43. The smallest absolute Gasteiger partial charge is 0.0885 e. The SMILES string of the molecule is C[C@H](c1cc[cH-]c1P(c1ccccc1)c1ccccc1)N1C=CN(C)C1. The van der Waals surface area contributed by atoms with E-state index in [2.05, 4.69) is 115 Å². The summed E-state index contributed by atoms with van der Waals surface area (Å²) in [5.41, 5.74) is 1.43. The highest BCUT2D eigenvalue weighted by molar-refractivity contribution is 7.79. The lowest BCUT2D eigenvalue weighted by atomic mass is 10.1. The summed E-state index contributed by atoms with van der Waals surface area (Å²) >= 11 is 0. The van der Waals surface area contributed by atoms with Gasteiger partial charge in [0.1, 0.15) is 0 Å². The van der Waals surface area contributed by atoms with Gasteiger partial charge in [0.15, 0.2) is 0 Å². The van der Waals surface area contributed by atoms with E-state index < -0.39 is 7.92 Å². The van der Waals surface area contributed by atoms with Gasteiger partial charge >= 0.3 is 0 Å². The Balaban J connectivity index is 1.76. The first kappa shape index (κ1) is 17.0. The zero-order chi connectivity index (χ0) is 17.9. The van der Waals surface area contributed by atoms with Crippen LogP contribution in [0.15, 0.2) is 91.3 Å². The van der Waals surface area contributed by atoms with Crippen molar-refractivity contribution in [3.63, 3.8) is 0 Å². The molecule has 1 aliphatic heterocycles. The number of nitrogens with zero attached hydrogens (tertiary/aromatic N) is 2. The highest BCUT2D eigenvalue weighted by Crippen LogP contribution is 2.37. The van der Waals surface area contributed by atoms with E-state index in [4.69, 9.17) is 0 Å². The Morgan fingerprint density at radius 3 is 2.04 bits per heavy atom. The summed E-state index contributed by atoms with van der Waals surface area (Å²) < 4.78 is 0. The van der Waals surface area contributed by atoms with Crippen LogP contribution in [0.4, 0.5) is 0 Å². The van der Waals surface area contributed by atoms with E-state index in [-0.39, 0.29) is 0 Å². The van der Waals surface area contributed by atoms with Gasteiger partial charge in [0.25, 0.3) is 0 Å².